The first-order valence-corrected chi connectivity index (χ1v) is 7.97. The number of aliphatic hydroxyl groups is 1. The lowest BCUT2D eigenvalue weighted by Crippen LogP contribution is -2.38. The molecule has 0 saturated heterocycles. The molecule has 4 nitrogen and oxygen atoms in total. The second kappa shape index (κ2) is 6.79. The van der Waals surface area contributed by atoms with Crippen molar-refractivity contribution < 1.29 is 19.0 Å². The minimum atomic E-state index is -0.873. The van der Waals surface area contributed by atoms with Crippen LogP contribution in [0.25, 0.3) is 0 Å². The van der Waals surface area contributed by atoms with E-state index in [1.165, 1.54) is 6.07 Å². The number of rotatable bonds is 6. The van der Waals surface area contributed by atoms with Gasteiger partial charge in [-0.2, -0.15) is 0 Å². The van der Waals surface area contributed by atoms with Crippen LogP contribution in [0.5, 0.6) is 11.5 Å². The monoisotopic (exact) mass is 331 g/mol. The van der Waals surface area contributed by atoms with Crippen LogP contribution in [-0.4, -0.2) is 28.9 Å². The predicted octanol–water partition coefficient (Wildman–Crippen LogP) is 3.33. The highest BCUT2D eigenvalue weighted by atomic mass is 19.1. The van der Waals surface area contributed by atoms with Crippen LogP contribution in [0.2, 0.25) is 0 Å². The highest BCUT2D eigenvalue weighted by Crippen LogP contribution is 2.33. The minimum absolute atomic E-state index is 0.232. The van der Waals surface area contributed by atoms with E-state index in [9.17, 15) is 9.50 Å². The summed E-state index contributed by atoms with van der Waals surface area (Å²) < 4.78 is 24.7. The summed E-state index contributed by atoms with van der Waals surface area (Å²) in [5.74, 6) is 1.23. The van der Waals surface area contributed by atoms with Gasteiger partial charge in [0.25, 0.3) is 0 Å². The molecule has 0 amide bonds. The number of halogens is 1. The maximum absolute atomic E-state index is 14.0. The van der Waals surface area contributed by atoms with Crippen molar-refractivity contribution >= 4 is 0 Å². The van der Waals surface area contributed by atoms with Gasteiger partial charge in [0.15, 0.2) is 11.5 Å². The molecule has 0 aliphatic carbocycles. The summed E-state index contributed by atoms with van der Waals surface area (Å²) in [7, 11) is 0. The highest BCUT2D eigenvalue weighted by molar-refractivity contribution is 5.44. The summed E-state index contributed by atoms with van der Waals surface area (Å²) in [6, 6.07) is 12.5. The molecular formula is C19H22FNO3. The van der Waals surface area contributed by atoms with Crippen LogP contribution in [0, 0.1) is 5.82 Å². The van der Waals surface area contributed by atoms with Crippen LogP contribution in [-0.2, 0) is 13.1 Å². The third-order valence-electron chi connectivity index (χ3n) is 3.81. The average Bonchev–Trinajstić information content (AvgIpc) is 2.95. The van der Waals surface area contributed by atoms with E-state index in [0.29, 0.717) is 25.2 Å². The normalized spacial score (nSPS) is 13.5. The highest BCUT2D eigenvalue weighted by Gasteiger charge is 2.21. The molecule has 0 saturated carbocycles. The first kappa shape index (κ1) is 16.7. The predicted molar refractivity (Wildman–Crippen MR) is 89.4 cm³/mol. The van der Waals surface area contributed by atoms with Gasteiger partial charge in [0, 0.05) is 25.2 Å². The second-order valence-corrected chi connectivity index (χ2v) is 6.74. The molecule has 3 rings (SSSR count). The van der Waals surface area contributed by atoms with Crippen LogP contribution in [0.4, 0.5) is 4.39 Å². The quantitative estimate of drug-likeness (QED) is 0.882. The Bertz CT molecular complexity index is 712. The third kappa shape index (κ3) is 4.24. The molecule has 1 aliphatic heterocycles. The Morgan fingerprint density at radius 3 is 2.58 bits per heavy atom. The average molecular weight is 331 g/mol. The van der Waals surface area contributed by atoms with Gasteiger partial charge in [0.05, 0.1) is 5.60 Å². The molecule has 1 heterocycles. The summed E-state index contributed by atoms with van der Waals surface area (Å²) in [6.45, 7) is 5.17. The fourth-order valence-electron chi connectivity index (χ4n) is 2.88. The van der Waals surface area contributed by atoms with Crippen molar-refractivity contribution in [3.63, 3.8) is 0 Å². The molecule has 0 radical (unpaired) electrons. The fraction of sp³-hybridized carbons (Fsp3) is 0.368. The van der Waals surface area contributed by atoms with Crippen molar-refractivity contribution in [2.45, 2.75) is 32.5 Å². The zero-order valence-corrected chi connectivity index (χ0v) is 14.0. The summed E-state index contributed by atoms with van der Waals surface area (Å²) in [5, 5.41) is 10.2. The van der Waals surface area contributed by atoms with Crippen LogP contribution in [0.3, 0.4) is 0 Å². The Morgan fingerprint density at radius 2 is 1.83 bits per heavy atom. The van der Waals surface area contributed by atoms with E-state index >= 15 is 0 Å². The van der Waals surface area contributed by atoms with Gasteiger partial charge in [-0.25, -0.2) is 4.39 Å². The maximum Gasteiger partial charge on any atom is 0.231 e. The molecule has 128 valence electrons. The van der Waals surface area contributed by atoms with E-state index in [0.717, 1.165) is 17.1 Å². The number of benzene rings is 2. The van der Waals surface area contributed by atoms with Crippen molar-refractivity contribution in [2.75, 3.05) is 13.3 Å². The van der Waals surface area contributed by atoms with Gasteiger partial charge in [-0.15, -0.1) is 0 Å². The lowest BCUT2D eigenvalue weighted by atomic mass is 10.1. The van der Waals surface area contributed by atoms with Gasteiger partial charge < -0.3 is 14.6 Å². The van der Waals surface area contributed by atoms with Gasteiger partial charge in [0.2, 0.25) is 6.79 Å². The summed E-state index contributed by atoms with van der Waals surface area (Å²) in [6.07, 6.45) is 0. The van der Waals surface area contributed by atoms with E-state index in [1.807, 2.05) is 29.2 Å². The van der Waals surface area contributed by atoms with Gasteiger partial charge >= 0.3 is 0 Å². The standard InChI is InChI=1S/C19H22FNO3/c1-19(2,22)12-21(11-15-5-3-4-6-16(15)20)10-14-7-8-17-18(9-14)24-13-23-17/h3-9,22H,10-13H2,1-2H3. The van der Waals surface area contributed by atoms with Crippen molar-refractivity contribution in [3.8, 4) is 11.5 Å². The molecule has 24 heavy (non-hydrogen) atoms. The molecule has 1 aliphatic rings. The van der Waals surface area contributed by atoms with Crippen molar-refractivity contribution in [1.82, 2.24) is 4.90 Å². The van der Waals surface area contributed by atoms with Gasteiger partial charge in [0.1, 0.15) is 5.82 Å². The van der Waals surface area contributed by atoms with Gasteiger partial charge in [-0.3, -0.25) is 4.90 Å². The first-order valence-electron chi connectivity index (χ1n) is 7.97. The molecule has 0 aromatic heterocycles. The van der Waals surface area contributed by atoms with Gasteiger partial charge in [-0.05, 0) is 37.6 Å². The van der Waals surface area contributed by atoms with E-state index in [4.69, 9.17) is 9.47 Å². The number of hydrogen-bond donors (Lipinski definition) is 1. The lowest BCUT2D eigenvalue weighted by molar-refractivity contribution is 0.0303. The van der Waals surface area contributed by atoms with Gasteiger partial charge in [-0.1, -0.05) is 24.3 Å². The molecule has 0 fully saturated rings. The van der Waals surface area contributed by atoms with Crippen LogP contribution in [0.1, 0.15) is 25.0 Å². The van der Waals surface area contributed by atoms with Crippen molar-refractivity contribution in [1.29, 1.82) is 0 Å². The number of ether oxygens (including phenoxy) is 2. The molecule has 5 heteroatoms. The van der Waals surface area contributed by atoms with E-state index in [-0.39, 0.29) is 12.6 Å². The van der Waals surface area contributed by atoms with Crippen LogP contribution in [0.15, 0.2) is 42.5 Å². The molecule has 2 aromatic carbocycles. The molecular weight excluding hydrogens is 309 g/mol. The molecule has 0 spiro atoms. The Hall–Kier alpha value is -2.11. The van der Waals surface area contributed by atoms with E-state index < -0.39 is 5.60 Å². The smallest absolute Gasteiger partial charge is 0.231 e. The zero-order valence-electron chi connectivity index (χ0n) is 14.0. The van der Waals surface area contributed by atoms with Crippen LogP contribution >= 0.6 is 0 Å². The first-order chi connectivity index (χ1) is 11.4. The molecule has 2 aromatic rings. The molecule has 0 atom stereocenters. The number of hydrogen-bond acceptors (Lipinski definition) is 4. The van der Waals surface area contributed by atoms with E-state index in [2.05, 4.69) is 0 Å². The SMILES string of the molecule is CC(C)(O)CN(Cc1ccc2c(c1)OCO2)Cc1ccccc1F. The Labute approximate surface area is 141 Å². The molecule has 1 N–H and O–H groups in total. The van der Waals surface area contributed by atoms with Crippen molar-refractivity contribution in [3.05, 3.63) is 59.4 Å². The summed E-state index contributed by atoms with van der Waals surface area (Å²) in [4.78, 5) is 2.02. The second-order valence-electron chi connectivity index (χ2n) is 6.74. The minimum Gasteiger partial charge on any atom is -0.454 e. The molecule has 0 bridgehead atoms. The van der Waals surface area contributed by atoms with Crippen molar-refractivity contribution in [2.24, 2.45) is 0 Å². The summed E-state index contributed by atoms with van der Waals surface area (Å²) >= 11 is 0. The largest absolute Gasteiger partial charge is 0.454 e. The van der Waals surface area contributed by atoms with E-state index in [1.54, 1.807) is 26.0 Å². The lowest BCUT2D eigenvalue weighted by Gasteiger charge is -2.29. The topological polar surface area (TPSA) is 41.9 Å². The molecule has 0 unspecified atom stereocenters. The third-order valence-corrected chi connectivity index (χ3v) is 3.81. The Balaban J connectivity index is 1.78. The number of nitrogens with zero attached hydrogens (tertiary/aromatic N) is 1. The summed E-state index contributed by atoms with van der Waals surface area (Å²) in [5.41, 5.74) is 0.768. The fourth-order valence-corrected chi connectivity index (χ4v) is 2.88. The number of fused-ring (bicyclic) bond motifs is 1. The van der Waals surface area contributed by atoms with Crippen LogP contribution < -0.4 is 9.47 Å². The maximum atomic E-state index is 14.0. The Morgan fingerprint density at radius 1 is 1.08 bits per heavy atom. The zero-order chi connectivity index (χ0) is 17.2. The Kier molecular flexibility index (Phi) is 4.73.